The summed E-state index contributed by atoms with van der Waals surface area (Å²) < 4.78 is 60.9. The van der Waals surface area contributed by atoms with Gasteiger partial charge in [-0.05, 0) is 141 Å². The van der Waals surface area contributed by atoms with Crippen molar-refractivity contribution in [2.45, 2.75) is 283 Å². The average molecular weight is 1370 g/mol. The van der Waals surface area contributed by atoms with Gasteiger partial charge in [0.15, 0.2) is 6.10 Å². The molecule has 5 unspecified atom stereocenters. The highest BCUT2D eigenvalue weighted by atomic mass is 31.2. The van der Waals surface area contributed by atoms with E-state index in [-0.39, 0.29) is 19.3 Å². The maximum absolute atomic E-state index is 12.9. The number of rotatable bonds is 67. The zero-order valence-corrected chi connectivity index (χ0v) is 60.6. The lowest BCUT2D eigenvalue weighted by atomic mass is 10.1. The number of allylic oxidation sites excluding steroid dienone is 24. The number of phosphoric acid groups is 2. The quantitative estimate of drug-likeness (QED) is 0.0146. The van der Waals surface area contributed by atoms with E-state index in [2.05, 4.69) is 167 Å². The number of carbonyl (C=O) groups is 3. The maximum Gasteiger partial charge on any atom is 0.472 e. The predicted molar refractivity (Wildman–Crippen MR) is 389 cm³/mol. The van der Waals surface area contributed by atoms with Crippen molar-refractivity contribution in [2.75, 3.05) is 39.6 Å². The van der Waals surface area contributed by atoms with Crippen molar-refractivity contribution in [3.8, 4) is 0 Å². The Balaban J connectivity index is 4.65. The normalized spacial score (nSPS) is 15.0. The van der Waals surface area contributed by atoms with Gasteiger partial charge in [-0.25, -0.2) is 9.13 Å². The fraction of sp³-hybridized carbons (Fsp3) is 0.649. The molecule has 0 aromatic heterocycles. The van der Waals surface area contributed by atoms with Gasteiger partial charge in [0.1, 0.15) is 25.4 Å². The summed E-state index contributed by atoms with van der Waals surface area (Å²) >= 11 is 0. The molecule has 0 saturated carbocycles. The number of aliphatic hydroxyl groups is 2. The molecule has 0 radical (unpaired) electrons. The van der Waals surface area contributed by atoms with Gasteiger partial charge in [-0.1, -0.05) is 250 Å². The SMILES string of the molecule is CC/C=C\C/C=C\C/C=C\C/C=C\C/C=C\CCCCCC(=O)OCC(COP(=O)(O)OCC(O)COP(=O)(O)OCC(O)COC(=O)CCCCCCCCCCC/C=C\C/C=C\C/C=C\C/C=C\CCCCC)OC(=O)CCCCCCC/C=C\C/C=C\C/C=C\CC. The molecule has 95 heavy (non-hydrogen) atoms. The van der Waals surface area contributed by atoms with Gasteiger partial charge in [-0.2, -0.15) is 0 Å². The first-order valence-corrected chi connectivity index (χ1v) is 39.1. The van der Waals surface area contributed by atoms with Gasteiger partial charge in [0.05, 0.1) is 26.4 Å². The molecule has 0 amide bonds. The molecule has 5 atom stereocenters. The third kappa shape index (κ3) is 70.6. The third-order valence-electron chi connectivity index (χ3n) is 14.5. The molecule has 0 aliphatic heterocycles. The van der Waals surface area contributed by atoms with Gasteiger partial charge < -0.3 is 34.2 Å². The zero-order chi connectivity index (χ0) is 69.5. The molecule has 16 nitrogen and oxygen atoms in total. The standard InChI is InChI=1S/C77H128O16P2/c1-4-7-10-13-16-19-22-25-28-30-32-33-34-35-36-37-39-41-43-45-48-51-54-57-60-63-75(80)87-66-72(78)67-89-94(83,84)90-68-73(79)69-91-95(85,86)92-71-74(93-77(82)65-62-59-56-53-50-47-42-27-24-21-18-15-12-9-6-3)70-88-76(81)64-61-58-55-52-49-46-44-40-38-31-29-26-23-20-17-14-11-8-5-2/h8-9,11-12,16-21,25-29,32-33,35-36,38,40,42,46,49,72-74,78-79H,4-7,10,13-15,22-24,30-31,34,37,39,41,43-45,47-48,50-71H2,1-3H3,(H,83,84)(H,85,86)/b11-8-,12-9-,19-16-,20-17-,21-18-,28-25-,29-26-,33-32-,36-35-,40-38-,42-27-,49-46-. The lowest BCUT2D eigenvalue weighted by Crippen LogP contribution is -2.30. The van der Waals surface area contributed by atoms with E-state index in [9.17, 15) is 43.5 Å². The second-order valence-corrected chi connectivity index (χ2v) is 26.5. The van der Waals surface area contributed by atoms with Crippen LogP contribution in [0.1, 0.15) is 265 Å². The Kier molecular flexibility index (Phi) is 66.0. The van der Waals surface area contributed by atoms with Crippen LogP contribution in [0.4, 0.5) is 0 Å². The van der Waals surface area contributed by atoms with Crippen molar-refractivity contribution in [2.24, 2.45) is 0 Å². The van der Waals surface area contributed by atoms with Crippen LogP contribution >= 0.6 is 15.6 Å². The number of unbranched alkanes of at least 4 members (excludes halogenated alkanes) is 20. The number of hydrogen-bond acceptors (Lipinski definition) is 14. The van der Waals surface area contributed by atoms with E-state index in [0.717, 1.165) is 154 Å². The number of aliphatic hydroxyl groups excluding tert-OH is 2. The first kappa shape index (κ1) is 90.4. The Bertz CT molecular complexity index is 2310. The van der Waals surface area contributed by atoms with Gasteiger partial charge in [-0.15, -0.1) is 0 Å². The van der Waals surface area contributed by atoms with Crippen LogP contribution < -0.4 is 0 Å². The molecule has 0 aromatic carbocycles. The van der Waals surface area contributed by atoms with Crippen molar-refractivity contribution >= 4 is 33.6 Å². The lowest BCUT2D eigenvalue weighted by molar-refractivity contribution is -0.161. The molecule has 0 spiro atoms. The van der Waals surface area contributed by atoms with Crippen molar-refractivity contribution in [1.82, 2.24) is 0 Å². The number of ether oxygens (including phenoxy) is 3. The van der Waals surface area contributed by atoms with E-state index in [1.807, 2.05) is 0 Å². The minimum Gasteiger partial charge on any atom is -0.463 e. The summed E-state index contributed by atoms with van der Waals surface area (Å²) in [6.45, 7) is 2.33. The molecule has 0 saturated heterocycles. The Labute approximate surface area is 575 Å². The Morgan fingerprint density at radius 3 is 0.895 bits per heavy atom. The second-order valence-electron chi connectivity index (χ2n) is 23.6. The van der Waals surface area contributed by atoms with Crippen molar-refractivity contribution < 1.29 is 75.8 Å². The Morgan fingerprint density at radius 2 is 0.558 bits per heavy atom. The Morgan fingerprint density at radius 1 is 0.305 bits per heavy atom. The van der Waals surface area contributed by atoms with Gasteiger partial charge in [0.2, 0.25) is 0 Å². The second kappa shape index (κ2) is 69.3. The summed E-state index contributed by atoms with van der Waals surface area (Å²) in [6.07, 6.45) is 83.2. The third-order valence-corrected chi connectivity index (χ3v) is 16.4. The highest BCUT2D eigenvalue weighted by Gasteiger charge is 2.29. The molecule has 0 rings (SSSR count). The van der Waals surface area contributed by atoms with Crippen LogP contribution in [-0.4, -0.2) is 95.9 Å². The summed E-state index contributed by atoms with van der Waals surface area (Å²) in [4.78, 5) is 58.5. The number of carbonyl (C=O) groups excluding carboxylic acids is 3. The van der Waals surface area contributed by atoms with E-state index in [1.165, 1.54) is 51.4 Å². The van der Waals surface area contributed by atoms with Gasteiger partial charge in [-0.3, -0.25) is 32.5 Å². The fourth-order valence-electron chi connectivity index (χ4n) is 9.06. The van der Waals surface area contributed by atoms with Crippen LogP contribution in [0.3, 0.4) is 0 Å². The molecule has 0 aliphatic rings. The van der Waals surface area contributed by atoms with Crippen LogP contribution in [0.25, 0.3) is 0 Å². The van der Waals surface area contributed by atoms with E-state index in [0.29, 0.717) is 19.3 Å². The van der Waals surface area contributed by atoms with Crippen LogP contribution in [0, 0.1) is 0 Å². The molecular weight excluding hydrogens is 1240 g/mol. The Hall–Kier alpha value is -4.57. The highest BCUT2D eigenvalue weighted by molar-refractivity contribution is 7.47. The lowest BCUT2D eigenvalue weighted by Gasteiger charge is -2.21. The van der Waals surface area contributed by atoms with Crippen LogP contribution in [0.15, 0.2) is 146 Å². The minimum atomic E-state index is -4.94. The van der Waals surface area contributed by atoms with E-state index >= 15 is 0 Å². The fourth-order valence-corrected chi connectivity index (χ4v) is 10.6. The molecular formula is C77H128O16P2. The van der Waals surface area contributed by atoms with E-state index in [1.54, 1.807) is 0 Å². The molecule has 0 fully saturated rings. The summed E-state index contributed by atoms with van der Waals surface area (Å²) in [7, 11) is -9.81. The first-order chi connectivity index (χ1) is 46.2. The summed E-state index contributed by atoms with van der Waals surface area (Å²) in [5, 5.41) is 20.6. The monoisotopic (exact) mass is 1370 g/mol. The molecule has 4 N–H and O–H groups in total. The summed E-state index contributed by atoms with van der Waals surface area (Å²) in [6, 6.07) is 0. The molecule has 0 aliphatic carbocycles. The van der Waals surface area contributed by atoms with Crippen molar-refractivity contribution in [3.63, 3.8) is 0 Å². The van der Waals surface area contributed by atoms with Gasteiger partial charge in [0, 0.05) is 19.3 Å². The van der Waals surface area contributed by atoms with Crippen LogP contribution in [-0.2, 0) is 55.8 Å². The number of hydrogen-bond donors (Lipinski definition) is 4. The molecule has 0 aromatic rings. The average Bonchev–Trinajstić information content (AvgIpc) is 2.13. The topological polar surface area (TPSA) is 231 Å². The van der Waals surface area contributed by atoms with Crippen LogP contribution in [0.2, 0.25) is 0 Å². The highest BCUT2D eigenvalue weighted by Crippen LogP contribution is 2.45. The van der Waals surface area contributed by atoms with Gasteiger partial charge in [0.25, 0.3) is 0 Å². The van der Waals surface area contributed by atoms with Crippen molar-refractivity contribution in [3.05, 3.63) is 146 Å². The predicted octanol–water partition coefficient (Wildman–Crippen LogP) is 20.5. The smallest absolute Gasteiger partial charge is 0.463 e. The van der Waals surface area contributed by atoms with Crippen LogP contribution in [0.5, 0.6) is 0 Å². The maximum atomic E-state index is 12.9. The minimum absolute atomic E-state index is 0.0723. The van der Waals surface area contributed by atoms with E-state index < -0.39 is 91.5 Å². The summed E-state index contributed by atoms with van der Waals surface area (Å²) in [5.41, 5.74) is 0. The van der Waals surface area contributed by atoms with Crippen molar-refractivity contribution in [1.29, 1.82) is 0 Å². The summed E-state index contributed by atoms with van der Waals surface area (Å²) in [5.74, 6) is -1.65. The van der Waals surface area contributed by atoms with E-state index in [4.69, 9.17) is 32.3 Å². The first-order valence-electron chi connectivity index (χ1n) is 36.1. The van der Waals surface area contributed by atoms with Gasteiger partial charge >= 0.3 is 33.6 Å². The zero-order valence-electron chi connectivity index (χ0n) is 58.8. The number of phosphoric ester groups is 2. The molecule has 18 heteroatoms. The molecule has 542 valence electrons. The number of esters is 3. The molecule has 0 heterocycles. The molecule has 0 bridgehead atoms. The largest absolute Gasteiger partial charge is 0.472 e.